The van der Waals surface area contributed by atoms with Crippen molar-refractivity contribution in [3.05, 3.63) is 68.3 Å². The number of fused-ring (bicyclic) bond motifs is 1. The summed E-state index contributed by atoms with van der Waals surface area (Å²) in [5.74, 6) is 0.292. The summed E-state index contributed by atoms with van der Waals surface area (Å²) in [7, 11) is -0.686. The Morgan fingerprint density at radius 3 is 2.59 bits per heavy atom. The van der Waals surface area contributed by atoms with E-state index in [4.69, 9.17) is 23.2 Å². The molecule has 0 spiro atoms. The molecule has 3 aliphatic carbocycles. The summed E-state index contributed by atoms with van der Waals surface area (Å²) >= 11 is 13.1. The summed E-state index contributed by atoms with van der Waals surface area (Å²) in [6, 6.07) is 0. The Hall–Kier alpha value is -0.893. The average Bonchev–Trinajstić information content (AvgIpc) is 3.03. The minimum absolute atomic E-state index is 0.292. The topological polar surface area (TPSA) is 0 Å². The fourth-order valence-corrected chi connectivity index (χ4v) is 6.24. The molecule has 0 saturated carbocycles. The molecule has 0 N–H and O–H groups in total. The van der Waals surface area contributed by atoms with Crippen LogP contribution in [0.15, 0.2) is 62.2 Å². The monoisotopic (exact) mass is 345 g/mol. The van der Waals surface area contributed by atoms with Crippen molar-refractivity contribution in [2.24, 2.45) is 5.92 Å². The van der Waals surface area contributed by atoms with Gasteiger partial charge in [0.2, 0.25) is 0 Å². The van der Waals surface area contributed by atoms with E-state index in [1.807, 2.05) is 6.08 Å². The van der Waals surface area contributed by atoms with Gasteiger partial charge in [-0.2, -0.15) is 0 Å². The molecular formula is C19H19Cl2Si. The number of allylic oxidation sites excluding steroid dienone is 12. The van der Waals surface area contributed by atoms with Gasteiger partial charge < -0.3 is 0 Å². The van der Waals surface area contributed by atoms with Gasteiger partial charge in [-0.25, -0.2) is 0 Å². The molecule has 0 saturated heterocycles. The molecule has 3 aliphatic rings. The van der Waals surface area contributed by atoms with Crippen molar-refractivity contribution in [3.63, 3.8) is 0 Å². The van der Waals surface area contributed by atoms with Crippen molar-refractivity contribution in [2.45, 2.75) is 33.4 Å². The second kappa shape index (κ2) is 5.96. The molecule has 3 rings (SSSR count). The van der Waals surface area contributed by atoms with Crippen molar-refractivity contribution in [3.8, 4) is 0 Å². The molecule has 1 radical (unpaired) electrons. The summed E-state index contributed by atoms with van der Waals surface area (Å²) in [4.78, 5) is 0. The molecule has 1 unspecified atom stereocenters. The molecule has 0 aromatic heterocycles. The molecule has 0 amide bonds. The number of rotatable bonds is 1. The first-order chi connectivity index (χ1) is 10.4. The first kappa shape index (κ1) is 16.0. The first-order valence-electron chi connectivity index (χ1n) is 7.58. The van der Waals surface area contributed by atoms with Gasteiger partial charge >= 0.3 is 0 Å². The Kier molecular flexibility index (Phi) is 4.33. The minimum Gasteiger partial charge on any atom is -0.0828 e. The quantitative estimate of drug-likeness (QED) is 0.534. The maximum Gasteiger partial charge on any atom is 0.0597 e. The maximum absolute atomic E-state index is 6.59. The van der Waals surface area contributed by atoms with E-state index in [2.05, 4.69) is 51.2 Å². The first-order valence-corrected chi connectivity index (χ1v) is 10.8. The summed E-state index contributed by atoms with van der Waals surface area (Å²) in [5, 5.41) is 2.72. The van der Waals surface area contributed by atoms with Crippen LogP contribution in [0.4, 0.5) is 0 Å². The molecular weight excluding hydrogens is 327 g/mol. The number of halogens is 2. The van der Waals surface area contributed by atoms with Gasteiger partial charge in [0.1, 0.15) is 0 Å². The van der Waals surface area contributed by atoms with Crippen LogP contribution in [0.25, 0.3) is 0 Å². The van der Waals surface area contributed by atoms with Crippen LogP contribution in [0.5, 0.6) is 0 Å². The Bertz CT molecular complexity index is 763. The zero-order valence-electron chi connectivity index (χ0n) is 13.3. The van der Waals surface area contributed by atoms with Gasteiger partial charge in [-0.15, -0.1) is 0 Å². The highest BCUT2D eigenvalue weighted by Crippen LogP contribution is 2.44. The lowest BCUT2D eigenvalue weighted by molar-refractivity contribution is 0.941. The molecule has 0 fully saturated rings. The van der Waals surface area contributed by atoms with Crippen LogP contribution >= 0.6 is 23.2 Å². The van der Waals surface area contributed by atoms with Crippen LogP contribution in [0.1, 0.15) is 20.3 Å². The average molecular weight is 346 g/mol. The van der Waals surface area contributed by atoms with Gasteiger partial charge in [0.15, 0.2) is 0 Å². The third-order valence-electron chi connectivity index (χ3n) is 4.47. The van der Waals surface area contributed by atoms with Crippen LogP contribution < -0.4 is 0 Å². The molecule has 0 aromatic rings. The van der Waals surface area contributed by atoms with Crippen molar-refractivity contribution >= 4 is 36.8 Å². The Balaban J connectivity index is 2.26. The largest absolute Gasteiger partial charge is 0.0828 e. The van der Waals surface area contributed by atoms with Crippen LogP contribution in [0, 0.1) is 12.0 Å². The van der Waals surface area contributed by atoms with Gasteiger partial charge in [-0.1, -0.05) is 61.4 Å². The lowest BCUT2D eigenvalue weighted by Gasteiger charge is -2.21. The third kappa shape index (κ3) is 2.50. The fraction of sp³-hybridized carbons (Fsp3) is 0.316. The van der Waals surface area contributed by atoms with E-state index >= 15 is 0 Å². The van der Waals surface area contributed by atoms with Crippen molar-refractivity contribution in [1.29, 1.82) is 0 Å². The van der Waals surface area contributed by atoms with E-state index in [0.717, 1.165) is 17.0 Å². The predicted octanol–water partition coefficient (Wildman–Crippen LogP) is 5.71. The SMILES string of the molecule is CC1=[C]C2=CC(Cl)=C(Cl)C(=[Si](C)C)C(C)C2=C1C1=CC=CC1. The van der Waals surface area contributed by atoms with Gasteiger partial charge in [0.25, 0.3) is 0 Å². The van der Waals surface area contributed by atoms with E-state index in [-0.39, 0.29) is 0 Å². The second-order valence-electron chi connectivity index (χ2n) is 6.22. The molecule has 113 valence electrons. The van der Waals surface area contributed by atoms with E-state index < -0.39 is 8.41 Å². The van der Waals surface area contributed by atoms with Crippen LogP contribution in [-0.4, -0.2) is 13.6 Å². The van der Waals surface area contributed by atoms with Crippen LogP contribution in [0.2, 0.25) is 13.1 Å². The fourth-order valence-electron chi connectivity index (χ4n) is 3.58. The minimum atomic E-state index is -0.686. The Morgan fingerprint density at radius 2 is 2.00 bits per heavy atom. The molecule has 22 heavy (non-hydrogen) atoms. The number of hydrogen-bond acceptors (Lipinski definition) is 0. The lowest BCUT2D eigenvalue weighted by atomic mass is 9.87. The summed E-state index contributed by atoms with van der Waals surface area (Å²) in [5.41, 5.74) is 6.40. The van der Waals surface area contributed by atoms with Crippen molar-refractivity contribution < 1.29 is 0 Å². The molecule has 0 aromatic carbocycles. The molecule has 3 heteroatoms. The molecule has 0 bridgehead atoms. The standard InChI is InChI=1S/C19H19Cl2Si/c1-11-9-14-10-15(20)18(21)19(22(3)4)12(2)17(14)16(11)13-7-5-6-8-13/h5-7,10,12H,8H2,1-4H3. The van der Waals surface area contributed by atoms with E-state index in [1.165, 1.54) is 27.5 Å². The maximum atomic E-state index is 6.59. The Labute approximate surface area is 144 Å². The van der Waals surface area contributed by atoms with E-state index in [9.17, 15) is 0 Å². The molecule has 0 aliphatic heterocycles. The normalized spacial score (nSPS) is 24.4. The highest BCUT2D eigenvalue weighted by molar-refractivity contribution is 6.77. The molecule has 1 atom stereocenters. The third-order valence-corrected chi connectivity index (χ3v) is 7.19. The van der Waals surface area contributed by atoms with Gasteiger partial charge in [-0.3, -0.25) is 0 Å². The Morgan fingerprint density at radius 1 is 1.27 bits per heavy atom. The van der Waals surface area contributed by atoms with Crippen molar-refractivity contribution in [1.82, 2.24) is 0 Å². The second-order valence-corrected chi connectivity index (χ2v) is 9.54. The summed E-state index contributed by atoms with van der Waals surface area (Å²) in [6.07, 6.45) is 13.1. The zero-order valence-corrected chi connectivity index (χ0v) is 15.9. The van der Waals surface area contributed by atoms with Crippen LogP contribution in [-0.2, 0) is 0 Å². The highest BCUT2D eigenvalue weighted by Gasteiger charge is 2.32. The highest BCUT2D eigenvalue weighted by atomic mass is 35.5. The molecule has 0 heterocycles. The van der Waals surface area contributed by atoms with E-state index in [1.54, 1.807) is 0 Å². The van der Waals surface area contributed by atoms with Gasteiger partial charge in [0, 0.05) is 14.3 Å². The van der Waals surface area contributed by atoms with Gasteiger partial charge in [0.05, 0.1) is 10.1 Å². The predicted molar refractivity (Wildman–Crippen MR) is 99.8 cm³/mol. The number of hydrogen-bond donors (Lipinski definition) is 0. The van der Waals surface area contributed by atoms with Gasteiger partial charge in [-0.05, 0) is 58.5 Å². The summed E-state index contributed by atoms with van der Waals surface area (Å²) < 4.78 is 0. The lowest BCUT2D eigenvalue weighted by Crippen LogP contribution is -2.21. The van der Waals surface area contributed by atoms with E-state index in [0.29, 0.717) is 11.0 Å². The zero-order chi connectivity index (χ0) is 16.0. The summed E-state index contributed by atoms with van der Waals surface area (Å²) in [6.45, 7) is 8.97. The smallest absolute Gasteiger partial charge is 0.0597 e. The van der Waals surface area contributed by atoms with Crippen molar-refractivity contribution in [2.75, 3.05) is 0 Å². The van der Waals surface area contributed by atoms with Crippen LogP contribution in [0.3, 0.4) is 0 Å². The molecule has 0 nitrogen and oxygen atoms in total.